The number of hydrogen-bond acceptors (Lipinski definition) is 5. The Morgan fingerprint density at radius 1 is 1.30 bits per heavy atom. The number of carboxylic acids is 1. The lowest BCUT2D eigenvalue weighted by molar-refractivity contribution is -0.144. The zero-order valence-electron chi connectivity index (χ0n) is 12.2. The lowest BCUT2D eigenvalue weighted by Crippen LogP contribution is -2.47. The number of aliphatic hydroxyl groups excluding tert-OH is 1. The molecule has 0 aliphatic carbocycles. The number of carboxylic acid groups (broad SMARTS) is 1. The molecule has 2 unspecified atom stereocenters. The van der Waals surface area contributed by atoms with Crippen LogP contribution in [0.2, 0.25) is 0 Å². The molecular formula is C16H15NO6. The lowest BCUT2D eigenvalue weighted by Gasteiger charge is -2.15. The van der Waals surface area contributed by atoms with Gasteiger partial charge in [0, 0.05) is 6.08 Å². The van der Waals surface area contributed by atoms with E-state index in [9.17, 15) is 19.5 Å². The molecule has 23 heavy (non-hydrogen) atoms. The van der Waals surface area contributed by atoms with Gasteiger partial charge in [-0.25, -0.2) is 4.79 Å². The molecule has 0 radical (unpaired) electrons. The molecular weight excluding hydrogens is 302 g/mol. The number of benzene rings is 1. The summed E-state index contributed by atoms with van der Waals surface area (Å²) in [6.07, 6.45) is 2.21. The molecule has 7 nitrogen and oxygen atoms in total. The Balaban J connectivity index is 2.20. The molecule has 2 aromatic rings. The van der Waals surface area contributed by atoms with Gasteiger partial charge in [-0.15, -0.1) is 0 Å². The summed E-state index contributed by atoms with van der Waals surface area (Å²) in [7, 11) is 0. The van der Waals surface area contributed by atoms with Gasteiger partial charge < -0.3 is 19.9 Å². The first kappa shape index (κ1) is 16.4. The van der Waals surface area contributed by atoms with E-state index in [1.807, 2.05) is 0 Å². The summed E-state index contributed by atoms with van der Waals surface area (Å²) in [6, 6.07) is 5.25. The maximum Gasteiger partial charge on any atom is 0.328 e. The SMILES string of the molecule is CC(O)C(NC(=O)/C=C/c1coc2ccccc2c1=O)C(=O)O. The summed E-state index contributed by atoms with van der Waals surface area (Å²) in [5.74, 6) is -2.10. The zero-order chi connectivity index (χ0) is 17.0. The van der Waals surface area contributed by atoms with E-state index in [1.165, 1.54) is 19.3 Å². The molecule has 7 heteroatoms. The number of carbonyl (C=O) groups is 2. The van der Waals surface area contributed by atoms with E-state index in [4.69, 9.17) is 9.52 Å². The second-order valence-electron chi connectivity index (χ2n) is 4.91. The highest BCUT2D eigenvalue weighted by Crippen LogP contribution is 2.11. The maximum absolute atomic E-state index is 12.2. The van der Waals surface area contributed by atoms with E-state index in [0.29, 0.717) is 11.0 Å². The molecule has 1 aromatic carbocycles. The highest BCUT2D eigenvalue weighted by atomic mass is 16.4. The van der Waals surface area contributed by atoms with Crippen LogP contribution in [0.5, 0.6) is 0 Å². The molecule has 0 saturated heterocycles. The summed E-state index contributed by atoms with van der Waals surface area (Å²) in [5.41, 5.74) is 0.281. The molecule has 0 saturated carbocycles. The predicted octanol–water partition coefficient (Wildman–Crippen LogP) is 0.756. The number of aliphatic hydroxyl groups is 1. The minimum Gasteiger partial charge on any atom is -0.480 e. The van der Waals surface area contributed by atoms with Gasteiger partial charge in [-0.3, -0.25) is 9.59 Å². The first-order valence-corrected chi connectivity index (χ1v) is 6.80. The Bertz CT molecular complexity index is 821. The van der Waals surface area contributed by atoms with Crippen LogP contribution in [0.3, 0.4) is 0 Å². The Morgan fingerprint density at radius 3 is 2.65 bits per heavy atom. The van der Waals surface area contributed by atoms with Gasteiger partial charge in [0.15, 0.2) is 11.5 Å². The highest BCUT2D eigenvalue weighted by molar-refractivity contribution is 5.94. The summed E-state index contributed by atoms with van der Waals surface area (Å²) < 4.78 is 5.30. The molecule has 2 atom stereocenters. The zero-order valence-corrected chi connectivity index (χ0v) is 12.2. The number of amides is 1. The lowest BCUT2D eigenvalue weighted by atomic mass is 10.1. The Morgan fingerprint density at radius 2 is 2.00 bits per heavy atom. The average Bonchev–Trinajstić information content (AvgIpc) is 2.51. The molecule has 0 bridgehead atoms. The number of rotatable bonds is 5. The molecule has 1 aromatic heterocycles. The second-order valence-corrected chi connectivity index (χ2v) is 4.91. The molecule has 0 aliphatic heterocycles. The van der Waals surface area contributed by atoms with Gasteiger partial charge in [0.05, 0.1) is 17.1 Å². The van der Waals surface area contributed by atoms with E-state index in [0.717, 1.165) is 6.08 Å². The molecule has 0 aliphatic rings. The van der Waals surface area contributed by atoms with Crippen molar-refractivity contribution in [2.45, 2.75) is 19.1 Å². The van der Waals surface area contributed by atoms with Crippen LogP contribution in [0.1, 0.15) is 12.5 Å². The number of aliphatic carboxylic acids is 1. The summed E-state index contributed by atoms with van der Waals surface area (Å²) >= 11 is 0. The van der Waals surface area contributed by atoms with Gasteiger partial charge >= 0.3 is 5.97 Å². The molecule has 1 heterocycles. The van der Waals surface area contributed by atoms with E-state index < -0.39 is 24.0 Å². The summed E-state index contributed by atoms with van der Waals surface area (Å²) in [5, 5.41) is 20.7. The van der Waals surface area contributed by atoms with Gasteiger partial charge in [-0.2, -0.15) is 0 Å². The summed E-state index contributed by atoms with van der Waals surface area (Å²) in [4.78, 5) is 34.8. The van der Waals surface area contributed by atoms with Crippen LogP contribution in [0.25, 0.3) is 17.0 Å². The van der Waals surface area contributed by atoms with Crippen LogP contribution < -0.4 is 10.7 Å². The third kappa shape index (κ3) is 3.83. The fourth-order valence-corrected chi connectivity index (χ4v) is 1.96. The van der Waals surface area contributed by atoms with Gasteiger partial charge in [0.25, 0.3) is 0 Å². The van der Waals surface area contributed by atoms with Crippen molar-refractivity contribution in [3.05, 3.63) is 52.4 Å². The molecule has 3 N–H and O–H groups in total. The molecule has 0 fully saturated rings. The first-order chi connectivity index (χ1) is 10.9. The fraction of sp³-hybridized carbons (Fsp3) is 0.188. The van der Waals surface area contributed by atoms with Crippen LogP contribution >= 0.6 is 0 Å². The van der Waals surface area contributed by atoms with Gasteiger partial charge in [-0.05, 0) is 25.1 Å². The largest absolute Gasteiger partial charge is 0.480 e. The third-order valence-corrected chi connectivity index (χ3v) is 3.17. The normalized spacial score (nSPS) is 13.8. The predicted molar refractivity (Wildman–Crippen MR) is 82.8 cm³/mol. The number of carbonyl (C=O) groups excluding carboxylic acids is 1. The number of hydrogen-bond donors (Lipinski definition) is 3. The quantitative estimate of drug-likeness (QED) is 0.701. The number of fused-ring (bicyclic) bond motifs is 1. The van der Waals surface area contributed by atoms with E-state index >= 15 is 0 Å². The number of para-hydroxylation sites is 1. The van der Waals surface area contributed by atoms with E-state index in [2.05, 4.69) is 5.32 Å². The molecule has 0 spiro atoms. The summed E-state index contributed by atoms with van der Waals surface area (Å²) in [6.45, 7) is 1.25. The topological polar surface area (TPSA) is 117 Å². The van der Waals surface area contributed by atoms with Crippen molar-refractivity contribution in [3.8, 4) is 0 Å². The van der Waals surface area contributed by atoms with Crippen molar-refractivity contribution >= 4 is 28.9 Å². The standard InChI is InChI=1S/C16H15NO6/c1-9(18)14(16(21)22)17-13(19)7-6-10-8-23-12-5-3-2-4-11(12)15(10)20/h2-9,14,18H,1H3,(H,17,19)(H,21,22)/b7-6+. The van der Waals surface area contributed by atoms with E-state index in [-0.39, 0.29) is 11.0 Å². The average molecular weight is 317 g/mol. The Hall–Kier alpha value is -2.93. The van der Waals surface area contributed by atoms with Gasteiger partial charge in [0.2, 0.25) is 5.91 Å². The van der Waals surface area contributed by atoms with Crippen molar-refractivity contribution in [1.82, 2.24) is 5.32 Å². The van der Waals surface area contributed by atoms with Crippen LogP contribution in [0, 0.1) is 0 Å². The monoisotopic (exact) mass is 317 g/mol. The molecule has 1 amide bonds. The molecule has 2 rings (SSSR count). The van der Waals surface area contributed by atoms with Crippen LogP contribution in [0.15, 0.2) is 45.8 Å². The first-order valence-electron chi connectivity index (χ1n) is 6.80. The number of nitrogens with one attached hydrogen (secondary N) is 1. The fourth-order valence-electron chi connectivity index (χ4n) is 1.96. The van der Waals surface area contributed by atoms with Gasteiger partial charge in [0.1, 0.15) is 11.8 Å². The van der Waals surface area contributed by atoms with Crippen molar-refractivity contribution < 1.29 is 24.2 Å². The Labute approximate surface area is 130 Å². The second kappa shape index (κ2) is 6.89. The van der Waals surface area contributed by atoms with Gasteiger partial charge in [-0.1, -0.05) is 12.1 Å². The van der Waals surface area contributed by atoms with Crippen LogP contribution in [0.4, 0.5) is 0 Å². The minimum atomic E-state index is -1.43. The Kier molecular flexibility index (Phi) is 4.92. The smallest absolute Gasteiger partial charge is 0.328 e. The van der Waals surface area contributed by atoms with E-state index in [1.54, 1.807) is 24.3 Å². The van der Waals surface area contributed by atoms with Crippen LogP contribution in [-0.4, -0.2) is 34.2 Å². The maximum atomic E-state index is 12.2. The van der Waals surface area contributed by atoms with Crippen molar-refractivity contribution in [3.63, 3.8) is 0 Å². The third-order valence-electron chi connectivity index (χ3n) is 3.17. The molecule has 120 valence electrons. The highest BCUT2D eigenvalue weighted by Gasteiger charge is 2.23. The van der Waals surface area contributed by atoms with Crippen molar-refractivity contribution in [2.24, 2.45) is 0 Å². The van der Waals surface area contributed by atoms with Crippen molar-refractivity contribution in [2.75, 3.05) is 0 Å². The van der Waals surface area contributed by atoms with Crippen molar-refractivity contribution in [1.29, 1.82) is 0 Å². The minimum absolute atomic E-state index is 0.155. The van der Waals surface area contributed by atoms with Crippen LogP contribution in [-0.2, 0) is 9.59 Å².